The molecule has 2 amide bonds. The fraction of sp³-hybridized carbons (Fsp3) is 0.158. The summed E-state index contributed by atoms with van der Waals surface area (Å²) < 4.78 is 4.92. The number of hydrogen-bond donors (Lipinski definition) is 0. The van der Waals surface area contributed by atoms with Gasteiger partial charge in [-0.2, -0.15) is 0 Å². The van der Waals surface area contributed by atoms with Crippen LogP contribution in [-0.4, -0.2) is 41.6 Å². The first-order valence-electron chi connectivity index (χ1n) is 7.97. The number of rotatable bonds is 6. The summed E-state index contributed by atoms with van der Waals surface area (Å²) in [5.74, 6) is -2.09. The normalized spacial score (nSPS) is 12.9. The van der Waals surface area contributed by atoms with Crippen LogP contribution in [0.3, 0.4) is 0 Å². The monoisotopic (exact) mass is 405 g/mol. The minimum absolute atomic E-state index is 0.124. The third-order valence-electron chi connectivity index (χ3n) is 4.01. The molecule has 27 heavy (non-hydrogen) atoms. The molecule has 8 heteroatoms. The number of nitrogens with zero attached hydrogens (tertiary/aromatic N) is 1. The molecule has 0 saturated carbocycles. The highest BCUT2D eigenvalue weighted by Crippen LogP contribution is 2.23. The first-order chi connectivity index (χ1) is 12.9. The second-order valence-corrected chi connectivity index (χ2v) is 6.61. The van der Waals surface area contributed by atoms with E-state index >= 15 is 0 Å². The summed E-state index contributed by atoms with van der Waals surface area (Å²) in [7, 11) is 0. The van der Waals surface area contributed by atoms with Crippen molar-refractivity contribution in [2.45, 2.75) is 6.42 Å². The van der Waals surface area contributed by atoms with Crippen LogP contribution in [0.5, 0.6) is 0 Å². The standard InChI is InChI=1S/C19H13Cl2NO5/c20-11-5-6-14(15(21)9-11)16(23)10-27-17(24)7-8-22-18(25)12-3-1-2-4-13(12)19(22)26/h1-6,9H,7-8,10H2. The van der Waals surface area contributed by atoms with Gasteiger partial charge >= 0.3 is 5.97 Å². The summed E-state index contributed by atoms with van der Waals surface area (Å²) in [6.45, 7) is -0.622. The zero-order valence-electron chi connectivity index (χ0n) is 13.9. The lowest BCUT2D eigenvalue weighted by atomic mass is 10.1. The molecular formula is C19H13Cl2NO5. The van der Waals surface area contributed by atoms with Crippen molar-refractivity contribution < 1.29 is 23.9 Å². The molecule has 3 rings (SSSR count). The zero-order valence-corrected chi connectivity index (χ0v) is 15.4. The maximum atomic E-state index is 12.2. The average molecular weight is 406 g/mol. The molecule has 0 N–H and O–H groups in total. The van der Waals surface area contributed by atoms with Gasteiger partial charge in [-0.15, -0.1) is 0 Å². The van der Waals surface area contributed by atoms with Crippen LogP contribution in [-0.2, 0) is 9.53 Å². The molecule has 0 unspecified atom stereocenters. The lowest BCUT2D eigenvalue weighted by molar-refractivity contribution is -0.142. The number of hydrogen-bond acceptors (Lipinski definition) is 5. The van der Waals surface area contributed by atoms with E-state index in [4.69, 9.17) is 27.9 Å². The van der Waals surface area contributed by atoms with Crippen LogP contribution >= 0.6 is 23.2 Å². The van der Waals surface area contributed by atoms with Crippen LogP contribution in [0.1, 0.15) is 37.5 Å². The molecule has 0 aromatic heterocycles. The van der Waals surface area contributed by atoms with E-state index in [1.165, 1.54) is 18.2 Å². The SMILES string of the molecule is O=C(CCN1C(=O)c2ccccc2C1=O)OCC(=O)c1ccc(Cl)cc1Cl. The smallest absolute Gasteiger partial charge is 0.308 e. The van der Waals surface area contributed by atoms with E-state index in [1.807, 2.05) is 0 Å². The van der Waals surface area contributed by atoms with Gasteiger partial charge in [-0.25, -0.2) is 0 Å². The molecule has 0 atom stereocenters. The molecule has 0 saturated heterocycles. The topological polar surface area (TPSA) is 80.8 Å². The molecule has 0 bridgehead atoms. The maximum absolute atomic E-state index is 12.2. The van der Waals surface area contributed by atoms with Crippen molar-refractivity contribution in [2.24, 2.45) is 0 Å². The van der Waals surface area contributed by atoms with Gasteiger partial charge in [-0.05, 0) is 30.3 Å². The third-order valence-corrected chi connectivity index (χ3v) is 4.56. The molecule has 2 aromatic carbocycles. The van der Waals surface area contributed by atoms with E-state index in [2.05, 4.69) is 0 Å². The molecule has 0 fully saturated rings. The second-order valence-electron chi connectivity index (χ2n) is 5.77. The van der Waals surface area contributed by atoms with E-state index in [0.717, 1.165) is 4.90 Å². The number of amides is 2. The number of ether oxygens (including phenoxy) is 1. The number of carbonyl (C=O) groups excluding carboxylic acids is 4. The highest BCUT2D eigenvalue weighted by atomic mass is 35.5. The molecule has 6 nitrogen and oxygen atoms in total. The Morgan fingerprint density at radius 3 is 2.19 bits per heavy atom. The molecular weight excluding hydrogens is 393 g/mol. The van der Waals surface area contributed by atoms with Gasteiger partial charge < -0.3 is 4.74 Å². The first-order valence-corrected chi connectivity index (χ1v) is 8.73. The van der Waals surface area contributed by atoms with Gasteiger partial charge in [-0.1, -0.05) is 35.3 Å². The summed E-state index contributed by atoms with van der Waals surface area (Å²) in [5, 5.41) is 0.545. The van der Waals surface area contributed by atoms with E-state index in [1.54, 1.807) is 24.3 Å². The summed E-state index contributed by atoms with van der Waals surface area (Å²) >= 11 is 11.7. The quantitative estimate of drug-likeness (QED) is 0.417. The first kappa shape index (κ1) is 19.1. The van der Waals surface area contributed by atoms with Gasteiger partial charge in [0, 0.05) is 17.1 Å². The number of Topliss-reactive ketones (excluding diaryl/α,β-unsaturated/α-hetero) is 1. The van der Waals surface area contributed by atoms with Crippen LogP contribution in [0.4, 0.5) is 0 Å². The van der Waals surface area contributed by atoms with Gasteiger partial charge in [0.2, 0.25) is 5.78 Å². The number of imide groups is 1. The number of esters is 1. The molecule has 1 aliphatic heterocycles. The summed E-state index contributed by atoms with van der Waals surface area (Å²) in [5.41, 5.74) is 0.807. The largest absolute Gasteiger partial charge is 0.457 e. The molecule has 0 spiro atoms. The Hall–Kier alpha value is -2.70. The molecule has 0 radical (unpaired) electrons. The van der Waals surface area contributed by atoms with E-state index < -0.39 is 30.2 Å². The van der Waals surface area contributed by atoms with Crippen molar-refractivity contribution in [3.05, 3.63) is 69.2 Å². The van der Waals surface area contributed by atoms with Crippen LogP contribution in [0.2, 0.25) is 10.0 Å². The highest BCUT2D eigenvalue weighted by Gasteiger charge is 2.35. The minimum atomic E-state index is -0.704. The predicted octanol–water partition coefficient (Wildman–Crippen LogP) is 3.41. The van der Waals surface area contributed by atoms with Crippen molar-refractivity contribution in [1.29, 1.82) is 0 Å². The number of benzene rings is 2. The minimum Gasteiger partial charge on any atom is -0.457 e. The Kier molecular flexibility index (Phi) is 5.58. The Morgan fingerprint density at radius 1 is 0.963 bits per heavy atom. The van der Waals surface area contributed by atoms with Crippen molar-refractivity contribution in [3.63, 3.8) is 0 Å². The summed E-state index contributed by atoms with van der Waals surface area (Å²) in [4.78, 5) is 49.4. The van der Waals surface area contributed by atoms with Crippen LogP contribution in [0, 0.1) is 0 Å². The molecule has 1 heterocycles. The van der Waals surface area contributed by atoms with Crippen molar-refractivity contribution >= 4 is 46.8 Å². The van der Waals surface area contributed by atoms with Crippen LogP contribution in [0.15, 0.2) is 42.5 Å². The molecule has 1 aliphatic rings. The molecule has 138 valence electrons. The fourth-order valence-corrected chi connectivity index (χ4v) is 3.17. The van der Waals surface area contributed by atoms with Crippen LogP contribution in [0.25, 0.3) is 0 Å². The fourth-order valence-electron chi connectivity index (χ4n) is 2.66. The molecule has 0 aliphatic carbocycles. The Labute approximate surface area is 164 Å². The third kappa shape index (κ3) is 4.02. The van der Waals surface area contributed by atoms with Gasteiger partial charge in [0.15, 0.2) is 6.61 Å². The highest BCUT2D eigenvalue weighted by molar-refractivity contribution is 6.36. The zero-order chi connectivity index (χ0) is 19.6. The average Bonchev–Trinajstić information content (AvgIpc) is 2.89. The van der Waals surface area contributed by atoms with Gasteiger partial charge in [-0.3, -0.25) is 24.1 Å². The number of carbonyl (C=O) groups is 4. The van der Waals surface area contributed by atoms with Crippen molar-refractivity contribution in [2.75, 3.05) is 13.2 Å². The summed E-state index contributed by atoms with van der Waals surface area (Å²) in [6, 6.07) is 10.8. The summed E-state index contributed by atoms with van der Waals surface area (Å²) in [6.07, 6.45) is -0.215. The lowest BCUT2D eigenvalue weighted by Crippen LogP contribution is -2.32. The second kappa shape index (κ2) is 7.90. The number of halogens is 2. The van der Waals surface area contributed by atoms with Crippen LogP contribution < -0.4 is 0 Å². The van der Waals surface area contributed by atoms with E-state index in [-0.39, 0.29) is 23.6 Å². The van der Waals surface area contributed by atoms with E-state index in [9.17, 15) is 19.2 Å². The van der Waals surface area contributed by atoms with Crippen molar-refractivity contribution in [1.82, 2.24) is 4.90 Å². The van der Waals surface area contributed by atoms with Crippen molar-refractivity contribution in [3.8, 4) is 0 Å². The predicted molar refractivity (Wildman–Crippen MR) is 98.2 cm³/mol. The Morgan fingerprint density at radius 2 is 1.59 bits per heavy atom. The maximum Gasteiger partial charge on any atom is 0.308 e. The van der Waals surface area contributed by atoms with E-state index in [0.29, 0.717) is 16.1 Å². The number of fused-ring (bicyclic) bond motifs is 1. The Bertz CT molecular complexity index is 922. The lowest BCUT2D eigenvalue weighted by Gasteiger charge is -2.13. The van der Waals surface area contributed by atoms with Gasteiger partial charge in [0.25, 0.3) is 11.8 Å². The van der Waals surface area contributed by atoms with Gasteiger partial charge in [0.1, 0.15) is 0 Å². The number of ketones is 1. The van der Waals surface area contributed by atoms with Gasteiger partial charge in [0.05, 0.1) is 22.6 Å². The Balaban J connectivity index is 1.53. The molecule has 2 aromatic rings.